The summed E-state index contributed by atoms with van der Waals surface area (Å²) in [5, 5.41) is 0.598. The van der Waals surface area contributed by atoms with Gasteiger partial charge in [-0.05, 0) is 90.6 Å². The maximum Gasteiger partial charge on any atom is 0.267 e. The van der Waals surface area contributed by atoms with Crippen LogP contribution in [0.25, 0.3) is 11.8 Å². The molecule has 0 spiro atoms. The Bertz CT molecular complexity index is 1400. The fourth-order valence-corrected chi connectivity index (χ4v) is 4.83. The number of rotatable bonds is 7. The molecule has 5 rings (SSSR count). The van der Waals surface area contributed by atoms with Crippen LogP contribution in [0.5, 0.6) is 5.75 Å². The number of amides is 1. The van der Waals surface area contributed by atoms with Gasteiger partial charge >= 0.3 is 0 Å². The molecule has 7 nitrogen and oxygen atoms in total. The minimum absolute atomic E-state index is 0.112. The summed E-state index contributed by atoms with van der Waals surface area (Å²) in [4.78, 5) is 22.6. The van der Waals surface area contributed by atoms with E-state index >= 15 is 0 Å². The van der Waals surface area contributed by atoms with Crippen molar-refractivity contribution in [3.63, 3.8) is 0 Å². The maximum atomic E-state index is 13.5. The summed E-state index contributed by atoms with van der Waals surface area (Å²) >= 11 is 1.36. The topological polar surface area (TPSA) is 63.2 Å². The Hall–Kier alpha value is -4.17. The summed E-state index contributed by atoms with van der Waals surface area (Å²) in [6.45, 7) is 0.304. The molecule has 0 bridgehead atoms. The van der Waals surface area contributed by atoms with Crippen LogP contribution < -0.4 is 9.64 Å². The monoisotopic (exact) mass is 498 g/mol. The highest BCUT2D eigenvalue weighted by molar-refractivity contribution is 8.18. The maximum absolute atomic E-state index is 13.5. The molecule has 0 unspecified atom stereocenters. The first-order chi connectivity index (χ1) is 17.5. The van der Waals surface area contributed by atoms with Crippen molar-refractivity contribution in [1.82, 2.24) is 9.47 Å². The van der Waals surface area contributed by atoms with E-state index < -0.39 is 0 Å². The lowest BCUT2D eigenvalue weighted by atomic mass is 10.2. The molecule has 2 aromatic heterocycles. The zero-order chi connectivity index (χ0) is 25.1. The second-order valence-electron chi connectivity index (χ2n) is 8.39. The van der Waals surface area contributed by atoms with Crippen molar-refractivity contribution in [3.05, 3.63) is 102 Å². The van der Waals surface area contributed by atoms with Crippen LogP contribution in [0.1, 0.15) is 11.5 Å². The summed E-state index contributed by atoms with van der Waals surface area (Å²) in [6, 6.07) is 23.4. The molecule has 3 heterocycles. The molecule has 0 radical (unpaired) electrons. The first-order valence-corrected chi connectivity index (χ1v) is 12.2. The summed E-state index contributed by atoms with van der Waals surface area (Å²) in [6.07, 6.45) is 5.52. The van der Waals surface area contributed by atoms with Crippen molar-refractivity contribution in [3.8, 4) is 11.4 Å². The second-order valence-corrected chi connectivity index (χ2v) is 9.40. The van der Waals surface area contributed by atoms with Gasteiger partial charge in [0.05, 0.1) is 30.5 Å². The van der Waals surface area contributed by atoms with Crippen molar-refractivity contribution < 1.29 is 13.9 Å². The van der Waals surface area contributed by atoms with E-state index in [1.807, 2.05) is 74.9 Å². The predicted molar refractivity (Wildman–Crippen MR) is 145 cm³/mol. The number of nitrogens with zero attached hydrogens (tertiary/aromatic N) is 4. The molecule has 8 heteroatoms. The molecule has 1 fully saturated rings. The first-order valence-electron chi connectivity index (χ1n) is 11.4. The van der Waals surface area contributed by atoms with Gasteiger partial charge in [-0.1, -0.05) is 0 Å². The third-order valence-corrected chi connectivity index (χ3v) is 6.79. The number of aliphatic imine (C=N–C) groups is 1. The third-order valence-electron chi connectivity index (χ3n) is 5.78. The van der Waals surface area contributed by atoms with Crippen molar-refractivity contribution in [2.45, 2.75) is 6.54 Å². The summed E-state index contributed by atoms with van der Waals surface area (Å²) in [5.41, 5.74) is 3.79. The van der Waals surface area contributed by atoms with Crippen molar-refractivity contribution >= 4 is 40.3 Å². The quantitative estimate of drug-likeness (QED) is 0.295. The number of carbonyl (C=O) groups is 1. The number of thioether (sulfide) groups is 1. The van der Waals surface area contributed by atoms with E-state index in [9.17, 15) is 4.79 Å². The van der Waals surface area contributed by atoms with Gasteiger partial charge < -0.3 is 18.6 Å². The normalized spacial score (nSPS) is 15.8. The molecule has 36 heavy (non-hydrogen) atoms. The van der Waals surface area contributed by atoms with Gasteiger partial charge in [-0.15, -0.1) is 0 Å². The van der Waals surface area contributed by atoms with Crippen molar-refractivity contribution in [2.24, 2.45) is 4.99 Å². The second kappa shape index (κ2) is 10.2. The molecule has 0 N–H and O–H groups in total. The van der Waals surface area contributed by atoms with Gasteiger partial charge in [-0.2, -0.15) is 0 Å². The lowest BCUT2D eigenvalue weighted by Gasteiger charge is -2.14. The Morgan fingerprint density at radius 3 is 2.47 bits per heavy atom. The van der Waals surface area contributed by atoms with Gasteiger partial charge in [0.2, 0.25) is 0 Å². The molecule has 1 aliphatic rings. The SMILES string of the molecule is COc1ccc(N=C2S/C(=C\c3cccn3-c3ccc(N(C)C)cc3)C(=O)N2Cc2ccco2)cc1. The first kappa shape index (κ1) is 23.6. The average molecular weight is 499 g/mol. The van der Waals surface area contributed by atoms with E-state index in [1.54, 1.807) is 18.3 Å². The molecule has 1 amide bonds. The zero-order valence-corrected chi connectivity index (χ0v) is 21.1. The minimum Gasteiger partial charge on any atom is -0.497 e. The zero-order valence-electron chi connectivity index (χ0n) is 20.3. The largest absolute Gasteiger partial charge is 0.497 e. The molecule has 1 aliphatic heterocycles. The molecule has 2 aromatic carbocycles. The van der Waals surface area contributed by atoms with Crippen LogP contribution in [0.3, 0.4) is 0 Å². The van der Waals surface area contributed by atoms with Gasteiger partial charge in [-0.3, -0.25) is 9.69 Å². The number of ether oxygens (including phenoxy) is 1. The van der Waals surface area contributed by atoms with Gasteiger partial charge in [0.1, 0.15) is 11.5 Å². The predicted octanol–water partition coefficient (Wildman–Crippen LogP) is 5.95. The Morgan fingerprint density at radius 2 is 1.81 bits per heavy atom. The number of hydrogen-bond donors (Lipinski definition) is 0. The molecular formula is C28H26N4O3S. The molecule has 4 aromatic rings. The number of benzene rings is 2. The van der Waals surface area contributed by atoms with E-state index in [0.717, 1.165) is 28.5 Å². The lowest BCUT2D eigenvalue weighted by Crippen LogP contribution is -2.28. The fraction of sp³-hybridized carbons (Fsp3) is 0.143. The Labute approximate surface area is 214 Å². The van der Waals surface area contributed by atoms with Crippen LogP contribution in [-0.2, 0) is 11.3 Å². The summed E-state index contributed by atoms with van der Waals surface area (Å²) in [5.74, 6) is 1.33. The van der Waals surface area contributed by atoms with Crippen molar-refractivity contribution in [2.75, 3.05) is 26.1 Å². The molecule has 0 atom stereocenters. The smallest absolute Gasteiger partial charge is 0.267 e. The molecule has 1 saturated heterocycles. The van der Waals surface area contributed by atoms with Crippen LogP contribution in [-0.4, -0.2) is 41.7 Å². The number of amidine groups is 1. The Balaban J connectivity index is 1.48. The van der Waals surface area contributed by atoms with Crippen LogP contribution in [0.4, 0.5) is 11.4 Å². The highest BCUT2D eigenvalue weighted by Crippen LogP contribution is 2.36. The average Bonchev–Trinajstić information content (AvgIpc) is 3.64. The van der Waals surface area contributed by atoms with E-state index in [-0.39, 0.29) is 5.91 Å². The highest BCUT2D eigenvalue weighted by Gasteiger charge is 2.34. The van der Waals surface area contributed by atoms with E-state index in [4.69, 9.17) is 14.1 Å². The van der Waals surface area contributed by atoms with E-state index in [1.165, 1.54) is 11.8 Å². The van der Waals surface area contributed by atoms with Crippen LogP contribution in [0, 0.1) is 0 Å². The Kier molecular flexibility index (Phi) is 6.69. The third kappa shape index (κ3) is 4.94. The molecule has 182 valence electrons. The van der Waals surface area contributed by atoms with Gasteiger partial charge in [-0.25, -0.2) is 4.99 Å². The highest BCUT2D eigenvalue weighted by atomic mass is 32.2. The number of anilines is 1. The minimum atomic E-state index is -0.112. The standard InChI is InChI=1S/C28H26N4O3S/c1-30(2)21-10-12-22(13-11-21)31-16-4-6-23(31)18-26-27(33)32(19-25-7-5-17-35-25)28(36-26)29-20-8-14-24(34-3)15-9-20/h4-18H,19H2,1-3H3/b26-18-,29-28?. The number of furan rings is 1. The number of carbonyl (C=O) groups excluding carboxylic acids is 1. The van der Waals surface area contributed by atoms with Crippen LogP contribution >= 0.6 is 11.8 Å². The molecule has 0 aliphatic carbocycles. The number of methoxy groups -OCH3 is 1. The van der Waals surface area contributed by atoms with Crippen LogP contribution in [0.2, 0.25) is 0 Å². The lowest BCUT2D eigenvalue weighted by molar-refractivity contribution is -0.122. The number of aromatic nitrogens is 1. The van der Waals surface area contributed by atoms with E-state index in [2.05, 4.69) is 33.7 Å². The molecule has 0 saturated carbocycles. The van der Waals surface area contributed by atoms with Gasteiger partial charge in [0.15, 0.2) is 5.17 Å². The van der Waals surface area contributed by atoms with Crippen LogP contribution in [0.15, 0.2) is 99.6 Å². The fourth-order valence-electron chi connectivity index (χ4n) is 3.85. The summed E-state index contributed by atoms with van der Waals surface area (Å²) in [7, 11) is 5.66. The molecular weight excluding hydrogens is 472 g/mol. The number of hydrogen-bond acceptors (Lipinski definition) is 6. The summed E-state index contributed by atoms with van der Waals surface area (Å²) < 4.78 is 12.8. The van der Waals surface area contributed by atoms with Crippen molar-refractivity contribution in [1.29, 1.82) is 0 Å². The Morgan fingerprint density at radius 1 is 1.03 bits per heavy atom. The van der Waals surface area contributed by atoms with Gasteiger partial charge in [0, 0.05) is 37.4 Å². The van der Waals surface area contributed by atoms with E-state index in [0.29, 0.717) is 22.4 Å². The van der Waals surface area contributed by atoms with Gasteiger partial charge in [0.25, 0.3) is 5.91 Å².